The second kappa shape index (κ2) is 11.6. The van der Waals surface area contributed by atoms with Crippen LogP contribution in [0.4, 0.5) is 29.7 Å². The average molecular weight is 609 g/mol. The molecule has 2 aliphatic rings. The molecule has 1 saturated carbocycles. The summed E-state index contributed by atoms with van der Waals surface area (Å²) in [6, 6.07) is 8.62. The number of benzene rings is 1. The van der Waals surface area contributed by atoms with Gasteiger partial charge in [-0.2, -0.15) is 13.2 Å². The maximum atomic E-state index is 13.8. The summed E-state index contributed by atoms with van der Waals surface area (Å²) in [6.45, 7) is 7.27. The van der Waals surface area contributed by atoms with Crippen molar-refractivity contribution >= 4 is 23.5 Å². The summed E-state index contributed by atoms with van der Waals surface area (Å²) in [5.41, 5.74) is 0.788. The van der Waals surface area contributed by atoms with Crippen LogP contribution in [-0.4, -0.2) is 66.8 Å². The summed E-state index contributed by atoms with van der Waals surface area (Å²) >= 11 is 0. The number of piperidine rings is 1. The number of anilines is 2. The van der Waals surface area contributed by atoms with Crippen molar-refractivity contribution in [3.05, 3.63) is 54.5 Å². The van der Waals surface area contributed by atoms with E-state index in [0.29, 0.717) is 58.8 Å². The lowest BCUT2D eigenvalue weighted by Gasteiger charge is -2.34. The van der Waals surface area contributed by atoms with Crippen LogP contribution in [0.2, 0.25) is 0 Å². The van der Waals surface area contributed by atoms with E-state index >= 15 is 0 Å². The van der Waals surface area contributed by atoms with Gasteiger partial charge in [-0.15, -0.1) is 10.2 Å². The average Bonchev–Trinajstić information content (AvgIpc) is 3.68. The molecule has 1 atom stereocenters. The molecule has 1 saturated heterocycles. The number of likely N-dealkylation sites (tertiary alicyclic amines) is 1. The maximum absolute atomic E-state index is 13.8. The van der Waals surface area contributed by atoms with E-state index in [0.717, 1.165) is 31.5 Å². The molecule has 3 aromatic heterocycles. The molecular formula is C31H35F3N8O2. The van der Waals surface area contributed by atoms with Gasteiger partial charge in [0.1, 0.15) is 17.7 Å². The predicted molar refractivity (Wildman–Crippen MR) is 160 cm³/mol. The Morgan fingerprint density at radius 3 is 2.66 bits per heavy atom. The fourth-order valence-electron chi connectivity index (χ4n) is 5.32. The number of nitrogens with one attached hydrogen (secondary N) is 2. The van der Waals surface area contributed by atoms with Gasteiger partial charge >= 0.3 is 12.3 Å². The number of hydrogen-bond acceptors (Lipinski definition) is 8. The van der Waals surface area contributed by atoms with Crippen molar-refractivity contribution < 1.29 is 22.7 Å². The molecule has 0 bridgehead atoms. The number of carbonyl (C=O) groups excluding carboxylic acids is 1. The van der Waals surface area contributed by atoms with Crippen molar-refractivity contribution in [2.45, 2.75) is 64.3 Å². The summed E-state index contributed by atoms with van der Waals surface area (Å²) in [4.78, 5) is 23.9. The molecule has 4 aromatic rings. The van der Waals surface area contributed by atoms with Gasteiger partial charge in [0.25, 0.3) is 0 Å². The van der Waals surface area contributed by atoms with Crippen LogP contribution in [-0.2, 0) is 10.9 Å². The fourth-order valence-corrected chi connectivity index (χ4v) is 5.32. The Hall–Kier alpha value is -4.42. The van der Waals surface area contributed by atoms with E-state index in [1.807, 2.05) is 26.8 Å². The predicted octanol–water partition coefficient (Wildman–Crippen LogP) is 6.51. The minimum atomic E-state index is -4.52. The Morgan fingerprint density at radius 1 is 1.09 bits per heavy atom. The van der Waals surface area contributed by atoms with Gasteiger partial charge in [-0.1, -0.05) is 12.1 Å². The summed E-state index contributed by atoms with van der Waals surface area (Å²) < 4.78 is 48.5. The summed E-state index contributed by atoms with van der Waals surface area (Å²) in [6.07, 6.45) is 2.13. The number of nitrogens with zero attached hydrogens (tertiary/aromatic N) is 6. The Labute approximate surface area is 253 Å². The van der Waals surface area contributed by atoms with Crippen LogP contribution in [0.25, 0.3) is 28.0 Å². The Kier molecular flexibility index (Phi) is 7.80. The molecule has 4 heterocycles. The highest BCUT2D eigenvalue weighted by molar-refractivity contribution is 5.91. The van der Waals surface area contributed by atoms with Gasteiger partial charge in [-0.25, -0.2) is 14.8 Å². The second-order valence-electron chi connectivity index (χ2n) is 12.4. The molecule has 44 heavy (non-hydrogen) atoms. The number of amides is 1. The van der Waals surface area contributed by atoms with Crippen LogP contribution >= 0.6 is 0 Å². The maximum Gasteiger partial charge on any atom is 0.416 e. The van der Waals surface area contributed by atoms with Crippen molar-refractivity contribution in [2.75, 3.05) is 30.3 Å². The Bertz CT molecular complexity index is 1660. The third-order valence-electron chi connectivity index (χ3n) is 7.64. The highest BCUT2D eigenvalue weighted by atomic mass is 19.4. The van der Waals surface area contributed by atoms with Gasteiger partial charge in [0.15, 0.2) is 5.65 Å². The molecule has 232 valence electrons. The monoisotopic (exact) mass is 608 g/mol. The van der Waals surface area contributed by atoms with Gasteiger partial charge in [0.05, 0.1) is 16.8 Å². The SMILES string of the molecule is CC(C)(C)OC(=O)N1CCCC(Nc2nc(-c3ccnc(NCC4CC4)c3)c(-c3cccc(C(F)(F)F)c3)c3nncn23)C1. The number of aromatic nitrogens is 5. The minimum Gasteiger partial charge on any atom is -0.444 e. The molecule has 1 aliphatic carbocycles. The molecule has 0 spiro atoms. The number of ether oxygens (including phenoxy) is 1. The number of halogens is 3. The lowest BCUT2D eigenvalue weighted by atomic mass is 9.98. The van der Waals surface area contributed by atoms with Crippen LogP contribution < -0.4 is 10.6 Å². The van der Waals surface area contributed by atoms with Gasteiger partial charge < -0.3 is 20.3 Å². The molecule has 1 unspecified atom stereocenters. The lowest BCUT2D eigenvalue weighted by molar-refractivity contribution is -0.137. The van der Waals surface area contributed by atoms with Gasteiger partial charge in [0.2, 0.25) is 5.95 Å². The van der Waals surface area contributed by atoms with Crippen LogP contribution in [0.5, 0.6) is 0 Å². The van der Waals surface area contributed by atoms with E-state index in [1.54, 1.807) is 27.6 Å². The van der Waals surface area contributed by atoms with Gasteiger partial charge in [0, 0.05) is 37.4 Å². The molecule has 2 N–H and O–H groups in total. The third-order valence-corrected chi connectivity index (χ3v) is 7.64. The number of rotatable bonds is 7. The number of alkyl halides is 3. The lowest BCUT2D eigenvalue weighted by Crippen LogP contribution is -2.47. The minimum absolute atomic E-state index is 0.158. The first-order valence-corrected chi connectivity index (χ1v) is 14.8. The second-order valence-corrected chi connectivity index (χ2v) is 12.4. The van der Waals surface area contributed by atoms with E-state index < -0.39 is 17.3 Å². The zero-order valence-electron chi connectivity index (χ0n) is 24.9. The largest absolute Gasteiger partial charge is 0.444 e. The summed E-state index contributed by atoms with van der Waals surface area (Å²) in [7, 11) is 0. The summed E-state index contributed by atoms with van der Waals surface area (Å²) in [5, 5.41) is 15.3. The first-order valence-electron chi connectivity index (χ1n) is 14.8. The Morgan fingerprint density at radius 2 is 1.91 bits per heavy atom. The van der Waals surface area contributed by atoms with Gasteiger partial charge in [-0.05, 0) is 82.2 Å². The molecule has 10 nitrogen and oxygen atoms in total. The molecule has 13 heteroatoms. The van der Waals surface area contributed by atoms with Crippen molar-refractivity contribution in [3.63, 3.8) is 0 Å². The molecule has 6 rings (SSSR count). The van der Waals surface area contributed by atoms with E-state index in [4.69, 9.17) is 9.72 Å². The van der Waals surface area contributed by atoms with Crippen molar-refractivity contribution in [1.82, 2.24) is 29.5 Å². The molecule has 1 aliphatic heterocycles. The van der Waals surface area contributed by atoms with Crippen LogP contribution in [0, 0.1) is 5.92 Å². The molecule has 2 fully saturated rings. The van der Waals surface area contributed by atoms with Crippen molar-refractivity contribution in [2.24, 2.45) is 5.92 Å². The zero-order valence-corrected chi connectivity index (χ0v) is 24.9. The highest BCUT2D eigenvalue weighted by Crippen LogP contribution is 2.39. The van der Waals surface area contributed by atoms with Crippen molar-refractivity contribution in [3.8, 4) is 22.4 Å². The van der Waals surface area contributed by atoms with E-state index in [1.165, 1.54) is 25.2 Å². The quantitative estimate of drug-likeness (QED) is 0.245. The fraction of sp³-hybridized carbons (Fsp3) is 0.452. The first kappa shape index (κ1) is 29.6. The smallest absolute Gasteiger partial charge is 0.416 e. The zero-order chi connectivity index (χ0) is 31.1. The number of hydrogen-bond donors (Lipinski definition) is 2. The standard InChI is InChI=1S/C31H35F3N8O2/c1-30(2,3)44-29(43)41-13-5-8-23(17-41)38-28-39-26(21-11-12-35-24(15-21)36-16-19-9-10-19)25(27-40-37-18-42(27)28)20-6-4-7-22(14-20)31(32,33)34/h4,6-7,11-12,14-15,18-19,23H,5,8-10,13,16-17H2,1-3H3,(H,35,36)(H,38,39). The van der Waals surface area contributed by atoms with Crippen LogP contribution in [0.1, 0.15) is 52.0 Å². The van der Waals surface area contributed by atoms with E-state index in [2.05, 4.69) is 25.8 Å². The van der Waals surface area contributed by atoms with Crippen LogP contribution in [0.3, 0.4) is 0 Å². The van der Waals surface area contributed by atoms with Crippen molar-refractivity contribution in [1.29, 1.82) is 0 Å². The third kappa shape index (κ3) is 6.71. The van der Waals surface area contributed by atoms with Gasteiger partial charge in [-0.3, -0.25) is 4.40 Å². The molecular weight excluding hydrogens is 573 g/mol. The van der Waals surface area contributed by atoms with E-state index in [9.17, 15) is 18.0 Å². The topological polar surface area (TPSA) is 110 Å². The number of carbonyl (C=O) groups is 1. The molecule has 1 aromatic carbocycles. The first-order chi connectivity index (χ1) is 20.9. The number of fused-ring (bicyclic) bond motifs is 1. The van der Waals surface area contributed by atoms with Crippen LogP contribution in [0.15, 0.2) is 48.9 Å². The molecule has 1 amide bonds. The molecule has 0 radical (unpaired) electrons. The normalized spacial score (nSPS) is 17.5. The number of pyridine rings is 1. The van der Waals surface area contributed by atoms with E-state index in [-0.39, 0.29) is 12.1 Å². The Balaban J connectivity index is 1.41. The highest BCUT2D eigenvalue weighted by Gasteiger charge is 2.32. The summed E-state index contributed by atoms with van der Waals surface area (Å²) in [5.74, 6) is 1.69.